The molecule has 0 N–H and O–H groups in total. The molecule has 5 rings (SSSR count). The minimum absolute atomic E-state index is 0.129. The van der Waals surface area contributed by atoms with Gasteiger partial charge in [-0.1, -0.05) is 0 Å². The highest BCUT2D eigenvalue weighted by atomic mass is 16.5. The normalized spacial score (nSPS) is 20.0. The Morgan fingerprint density at radius 3 is 2.61 bits per heavy atom. The molecule has 0 radical (unpaired) electrons. The number of hydrogen-bond acceptors (Lipinski definition) is 8. The highest BCUT2D eigenvalue weighted by molar-refractivity contribution is 6.15. The van der Waals surface area contributed by atoms with Gasteiger partial charge < -0.3 is 19.1 Å². The summed E-state index contributed by atoms with van der Waals surface area (Å²) in [6.07, 6.45) is 5.48. The van der Waals surface area contributed by atoms with Crippen molar-refractivity contribution in [3.8, 4) is 5.88 Å². The van der Waals surface area contributed by atoms with Crippen molar-refractivity contribution in [2.75, 3.05) is 44.4 Å². The first-order valence-corrected chi connectivity index (χ1v) is 9.82. The molecule has 2 saturated heterocycles. The third-order valence-electron chi connectivity index (χ3n) is 5.27. The predicted molar refractivity (Wildman–Crippen MR) is 103 cm³/mol. The van der Waals surface area contributed by atoms with E-state index < -0.39 is 0 Å². The number of rotatable bonds is 4. The zero-order chi connectivity index (χ0) is 18.8. The Morgan fingerprint density at radius 2 is 1.75 bits per heavy atom. The van der Waals surface area contributed by atoms with Gasteiger partial charge in [0, 0.05) is 38.3 Å². The van der Waals surface area contributed by atoms with E-state index in [1.54, 1.807) is 12.4 Å². The van der Waals surface area contributed by atoms with Crippen LogP contribution in [0.2, 0.25) is 0 Å². The van der Waals surface area contributed by atoms with Crippen molar-refractivity contribution in [3.63, 3.8) is 0 Å². The molecule has 0 amide bonds. The van der Waals surface area contributed by atoms with E-state index in [0.29, 0.717) is 31.6 Å². The average molecular weight is 381 g/mol. The Kier molecular flexibility index (Phi) is 4.88. The van der Waals surface area contributed by atoms with Crippen LogP contribution in [0.1, 0.15) is 29.7 Å². The number of pyridine rings is 1. The van der Waals surface area contributed by atoms with Crippen LogP contribution >= 0.6 is 0 Å². The van der Waals surface area contributed by atoms with Crippen LogP contribution < -0.4 is 9.64 Å². The standard InChI is InChI=1S/C20H23N5O3/c1-5-21-19(28-15-3-9-26-10-4-15)17-14(1)13-23-18(17)16-2-6-22-20(24-16)25-7-11-27-12-8-25/h1-2,5-6,15H,3-4,7-13H2. The molecule has 0 atom stereocenters. The number of ether oxygens (including phenoxy) is 3. The van der Waals surface area contributed by atoms with E-state index in [4.69, 9.17) is 24.2 Å². The highest BCUT2D eigenvalue weighted by Crippen LogP contribution is 2.31. The molecule has 28 heavy (non-hydrogen) atoms. The quantitative estimate of drug-likeness (QED) is 0.796. The molecule has 146 valence electrons. The first-order chi connectivity index (χ1) is 13.9. The maximum Gasteiger partial charge on any atom is 0.226 e. The van der Waals surface area contributed by atoms with Crippen LogP contribution in [0, 0.1) is 0 Å². The van der Waals surface area contributed by atoms with Gasteiger partial charge >= 0.3 is 0 Å². The van der Waals surface area contributed by atoms with E-state index in [0.717, 1.165) is 61.7 Å². The molecule has 2 aromatic rings. The fourth-order valence-electron chi connectivity index (χ4n) is 3.75. The Morgan fingerprint density at radius 1 is 0.964 bits per heavy atom. The van der Waals surface area contributed by atoms with Crippen LogP contribution in [0.3, 0.4) is 0 Å². The predicted octanol–water partition coefficient (Wildman–Crippen LogP) is 1.62. The third-order valence-corrected chi connectivity index (χ3v) is 5.27. The Labute approximate surface area is 163 Å². The number of hydrogen-bond donors (Lipinski definition) is 0. The van der Waals surface area contributed by atoms with Crippen LogP contribution in [0.5, 0.6) is 5.88 Å². The van der Waals surface area contributed by atoms with Crippen LogP contribution in [0.4, 0.5) is 5.95 Å². The summed E-state index contributed by atoms with van der Waals surface area (Å²) in [4.78, 5) is 20.7. The summed E-state index contributed by atoms with van der Waals surface area (Å²) in [5, 5.41) is 0. The van der Waals surface area contributed by atoms with Gasteiger partial charge in [-0.05, 0) is 17.7 Å². The zero-order valence-corrected chi connectivity index (χ0v) is 15.7. The second kappa shape index (κ2) is 7.81. The molecule has 0 spiro atoms. The minimum Gasteiger partial charge on any atom is -0.474 e. The molecular formula is C20H23N5O3. The molecular weight excluding hydrogens is 358 g/mol. The minimum atomic E-state index is 0.129. The second-order valence-electron chi connectivity index (χ2n) is 7.09. The maximum atomic E-state index is 6.25. The van der Waals surface area contributed by atoms with Crippen molar-refractivity contribution in [1.29, 1.82) is 0 Å². The maximum absolute atomic E-state index is 6.25. The van der Waals surface area contributed by atoms with Gasteiger partial charge in [0.15, 0.2) is 0 Å². The highest BCUT2D eigenvalue weighted by Gasteiger charge is 2.27. The van der Waals surface area contributed by atoms with E-state index in [-0.39, 0.29) is 6.10 Å². The van der Waals surface area contributed by atoms with Crippen molar-refractivity contribution < 1.29 is 14.2 Å². The first kappa shape index (κ1) is 17.5. The summed E-state index contributed by atoms with van der Waals surface area (Å²) < 4.78 is 17.1. The number of aromatic nitrogens is 3. The Hall–Kier alpha value is -2.58. The molecule has 0 unspecified atom stereocenters. The molecule has 5 heterocycles. The number of fused-ring (bicyclic) bond motifs is 1. The number of aliphatic imine (C=N–C) groups is 1. The Bertz CT molecular complexity index is 876. The van der Waals surface area contributed by atoms with E-state index in [9.17, 15) is 0 Å². The summed E-state index contributed by atoms with van der Waals surface area (Å²) in [6, 6.07) is 3.91. The molecule has 3 aliphatic rings. The fraction of sp³-hybridized carbons (Fsp3) is 0.500. The summed E-state index contributed by atoms with van der Waals surface area (Å²) in [7, 11) is 0. The Balaban J connectivity index is 1.44. The van der Waals surface area contributed by atoms with Crippen molar-refractivity contribution in [1.82, 2.24) is 15.0 Å². The lowest BCUT2D eigenvalue weighted by molar-refractivity contribution is 0.0236. The largest absolute Gasteiger partial charge is 0.474 e. The van der Waals surface area contributed by atoms with E-state index in [1.807, 2.05) is 12.1 Å². The van der Waals surface area contributed by atoms with Gasteiger partial charge in [0.1, 0.15) is 6.10 Å². The average Bonchev–Trinajstić information content (AvgIpc) is 3.21. The van der Waals surface area contributed by atoms with Gasteiger partial charge in [-0.15, -0.1) is 0 Å². The van der Waals surface area contributed by atoms with Crippen LogP contribution in [0.25, 0.3) is 0 Å². The van der Waals surface area contributed by atoms with Gasteiger partial charge in [-0.2, -0.15) is 0 Å². The van der Waals surface area contributed by atoms with E-state index in [2.05, 4.69) is 14.9 Å². The fourth-order valence-corrected chi connectivity index (χ4v) is 3.75. The molecule has 0 aliphatic carbocycles. The monoisotopic (exact) mass is 381 g/mol. The van der Waals surface area contributed by atoms with Gasteiger partial charge in [0.2, 0.25) is 11.8 Å². The van der Waals surface area contributed by atoms with Crippen molar-refractivity contribution in [2.45, 2.75) is 25.5 Å². The van der Waals surface area contributed by atoms with E-state index >= 15 is 0 Å². The first-order valence-electron chi connectivity index (χ1n) is 9.82. The van der Waals surface area contributed by atoms with Crippen LogP contribution in [0.15, 0.2) is 29.5 Å². The summed E-state index contributed by atoms with van der Waals surface area (Å²) >= 11 is 0. The zero-order valence-electron chi connectivity index (χ0n) is 15.7. The van der Waals surface area contributed by atoms with Gasteiger partial charge in [-0.3, -0.25) is 4.99 Å². The van der Waals surface area contributed by atoms with Crippen molar-refractivity contribution >= 4 is 11.7 Å². The van der Waals surface area contributed by atoms with Gasteiger partial charge in [-0.25, -0.2) is 15.0 Å². The lowest BCUT2D eigenvalue weighted by Crippen LogP contribution is -2.37. The topological polar surface area (TPSA) is 82.0 Å². The molecule has 0 saturated carbocycles. The second-order valence-corrected chi connectivity index (χ2v) is 7.09. The molecule has 3 aliphatic heterocycles. The molecule has 0 aromatic carbocycles. The molecule has 8 nitrogen and oxygen atoms in total. The summed E-state index contributed by atoms with van der Waals surface area (Å²) in [6.45, 7) is 5.08. The van der Waals surface area contributed by atoms with Gasteiger partial charge in [0.05, 0.1) is 49.9 Å². The number of anilines is 1. The molecule has 2 aromatic heterocycles. The van der Waals surface area contributed by atoms with E-state index in [1.165, 1.54) is 0 Å². The summed E-state index contributed by atoms with van der Waals surface area (Å²) in [5.74, 6) is 1.36. The lowest BCUT2D eigenvalue weighted by atomic mass is 10.1. The SMILES string of the molecule is c1cc(C2=NCc3ccnc(OC4CCOCC4)c32)nc(N2CCOCC2)n1. The molecule has 2 fully saturated rings. The van der Waals surface area contributed by atoms with Crippen molar-refractivity contribution in [3.05, 3.63) is 41.3 Å². The summed E-state index contributed by atoms with van der Waals surface area (Å²) in [5.41, 5.74) is 3.72. The lowest BCUT2D eigenvalue weighted by Gasteiger charge is -2.27. The van der Waals surface area contributed by atoms with Crippen LogP contribution in [-0.2, 0) is 16.0 Å². The molecule has 0 bridgehead atoms. The third kappa shape index (κ3) is 3.45. The number of morpholine rings is 1. The smallest absolute Gasteiger partial charge is 0.226 e. The number of nitrogens with zero attached hydrogens (tertiary/aromatic N) is 5. The van der Waals surface area contributed by atoms with Crippen molar-refractivity contribution in [2.24, 2.45) is 4.99 Å². The van der Waals surface area contributed by atoms with Crippen LogP contribution in [-0.4, -0.2) is 66.3 Å². The van der Waals surface area contributed by atoms with Gasteiger partial charge in [0.25, 0.3) is 0 Å². The molecule has 8 heteroatoms.